The molecule has 1 aliphatic carbocycles. The lowest BCUT2D eigenvalue weighted by atomic mass is 10.2. The number of urea groups is 1. The van der Waals surface area contributed by atoms with E-state index in [1.807, 2.05) is 11.4 Å². The number of amides is 2. The van der Waals surface area contributed by atoms with Gasteiger partial charge < -0.3 is 15.7 Å². The van der Waals surface area contributed by atoms with E-state index in [1.54, 1.807) is 11.3 Å². The predicted octanol–water partition coefficient (Wildman–Crippen LogP) is 1.73. The van der Waals surface area contributed by atoms with E-state index < -0.39 is 17.5 Å². The number of thiophene rings is 1. The van der Waals surface area contributed by atoms with Crippen molar-refractivity contribution in [2.45, 2.75) is 38.3 Å². The van der Waals surface area contributed by atoms with Crippen molar-refractivity contribution >= 4 is 23.3 Å². The Balaban J connectivity index is 1.84. The number of rotatable bonds is 5. The van der Waals surface area contributed by atoms with Crippen LogP contribution in [-0.2, 0) is 17.8 Å². The Kier molecular flexibility index (Phi) is 3.56. The molecule has 1 saturated carbocycles. The molecule has 1 fully saturated rings. The van der Waals surface area contributed by atoms with Crippen LogP contribution in [0.2, 0.25) is 0 Å². The highest BCUT2D eigenvalue weighted by Crippen LogP contribution is 2.35. The molecule has 0 unspecified atom stereocenters. The van der Waals surface area contributed by atoms with Gasteiger partial charge in [-0.15, -0.1) is 11.3 Å². The number of carboxylic acids is 1. The Hall–Kier alpha value is -1.56. The van der Waals surface area contributed by atoms with E-state index in [9.17, 15) is 9.59 Å². The van der Waals surface area contributed by atoms with Crippen molar-refractivity contribution in [2.75, 3.05) is 0 Å². The zero-order valence-electron chi connectivity index (χ0n) is 10.2. The SMILES string of the molecule is CCc1ccsc1CNC(=O)NC1(C(=O)O)CC1. The minimum Gasteiger partial charge on any atom is -0.480 e. The summed E-state index contributed by atoms with van der Waals surface area (Å²) in [4.78, 5) is 23.6. The molecule has 0 bridgehead atoms. The lowest BCUT2D eigenvalue weighted by Crippen LogP contribution is -2.47. The van der Waals surface area contributed by atoms with Gasteiger partial charge in [-0.25, -0.2) is 9.59 Å². The quantitative estimate of drug-likeness (QED) is 0.761. The minimum absolute atomic E-state index is 0.412. The fraction of sp³-hybridized carbons (Fsp3) is 0.500. The maximum atomic E-state index is 11.6. The second kappa shape index (κ2) is 4.97. The van der Waals surface area contributed by atoms with Crippen molar-refractivity contribution in [3.63, 3.8) is 0 Å². The first kappa shape index (κ1) is 12.9. The van der Waals surface area contributed by atoms with Gasteiger partial charge >= 0.3 is 12.0 Å². The molecule has 5 nitrogen and oxygen atoms in total. The van der Waals surface area contributed by atoms with Crippen LogP contribution in [0.5, 0.6) is 0 Å². The third kappa shape index (κ3) is 2.64. The van der Waals surface area contributed by atoms with Crippen LogP contribution in [0.1, 0.15) is 30.2 Å². The smallest absolute Gasteiger partial charge is 0.329 e. The van der Waals surface area contributed by atoms with Crippen LogP contribution in [-0.4, -0.2) is 22.6 Å². The highest BCUT2D eigenvalue weighted by atomic mass is 32.1. The number of carbonyl (C=O) groups is 2. The Morgan fingerprint density at radius 1 is 1.50 bits per heavy atom. The van der Waals surface area contributed by atoms with Gasteiger partial charge in [0.15, 0.2) is 0 Å². The number of hydrogen-bond acceptors (Lipinski definition) is 3. The van der Waals surface area contributed by atoms with Crippen molar-refractivity contribution < 1.29 is 14.7 Å². The number of hydrogen-bond donors (Lipinski definition) is 3. The van der Waals surface area contributed by atoms with Crippen molar-refractivity contribution in [2.24, 2.45) is 0 Å². The highest BCUT2D eigenvalue weighted by molar-refractivity contribution is 7.10. The predicted molar refractivity (Wildman–Crippen MR) is 68.7 cm³/mol. The average molecular weight is 268 g/mol. The monoisotopic (exact) mass is 268 g/mol. The number of nitrogens with one attached hydrogen (secondary N) is 2. The van der Waals surface area contributed by atoms with Crippen LogP contribution in [0.15, 0.2) is 11.4 Å². The van der Waals surface area contributed by atoms with E-state index in [0.717, 1.165) is 11.3 Å². The summed E-state index contributed by atoms with van der Waals surface area (Å²) in [6.45, 7) is 2.51. The van der Waals surface area contributed by atoms with Crippen molar-refractivity contribution in [3.8, 4) is 0 Å². The second-order valence-electron chi connectivity index (χ2n) is 4.42. The summed E-state index contributed by atoms with van der Waals surface area (Å²) in [5, 5.41) is 16.2. The van der Waals surface area contributed by atoms with Gasteiger partial charge in [0.2, 0.25) is 0 Å². The molecule has 98 valence electrons. The number of carbonyl (C=O) groups excluding carboxylic acids is 1. The molecule has 6 heteroatoms. The molecule has 0 aliphatic heterocycles. The molecule has 2 rings (SSSR count). The Morgan fingerprint density at radius 2 is 2.22 bits per heavy atom. The molecule has 0 radical (unpaired) electrons. The van der Waals surface area contributed by atoms with Gasteiger partial charge in [-0.2, -0.15) is 0 Å². The van der Waals surface area contributed by atoms with E-state index in [2.05, 4.69) is 17.6 Å². The van der Waals surface area contributed by atoms with E-state index in [4.69, 9.17) is 5.11 Å². The molecule has 3 N–H and O–H groups in total. The summed E-state index contributed by atoms with van der Waals surface area (Å²) < 4.78 is 0. The lowest BCUT2D eigenvalue weighted by Gasteiger charge is -2.13. The first-order valence-electron chi connectivity index (χ1n) is 5.92. The van der Waals surface area contributed by atoms with Crippen LogP contribution in [0.4, 0.5) is 4.79 Å². The topological polar surface area (TPSA) is 78.4 Å². The summed E-state index contributed by atoms with van der Waals surface area (Å²) in [6.07, 6.45) is 1.95. The fourth-order valence-electron chi connectivity index (χ4n) is 1.78. The van der Waals surface area contributed by atoms with Crippen molar-refractivity contribution in [1.82, 2.24) is 10.6 Å². The normalized spacial score (nSPS) is 16.1. The van der Waals surface area contributed by atoms with Crippen LogP contribution in [0.3, 0.4) is 0 Å². The summed E-state index contributed by atoms with van der Waals surface area (Å²) in [5.41, 5.74) is 0.201. The molecule has 1 aliphatic rings. The maximum Gasteiger partial charge on any atom is 0.329 e. The molecule has 18 heavy (non-hydrogen) atoms. The molecule has 0 spiro atoms. The molecule has 0 atom stereocenters. The van der Waals surface area contributed by atoms with E-state index >= 15 is 0 Å². The molecule has 0 aromatic carbocycles. The Bertz CT molecular complexity index is 466. The van der Waals surface area contributed by atoms with Crippen molar-refractivity contribution in [3.05, 3.63) is 21.9 Å². The van der Waals surface area contributed by atoms with Gasteiger partial charge in [-0.1, -0.05) is 6.92 Å². The minimum atomic E-state index is -1.02. The summed E-state index contributed by atoms with van der Waals surface area (Å²) in [5.74, 6) is -0.956. The molecule has 0 saturated heterocycles. The van der Waals surface area contributed by atoms with Gasteiger partial charge in [0, 0.05) is 4.88 Å². The lowest BCUT2D eigenvalue weighted by molar-refractivity contribution is -0.140. The third-order valence-electron chi connectivity index (χ3n) is 3.14. The zero-order chi connectivity index (χ0) is 13.2. The molecule has 1 heterocycles. The van der Waals surface area contributed by atoms with Gasteiger partial charge in [-0.05, 0) is 36.3 Å². The van der Waals surface area contributed by atoms with E-state index in [-0.39, 0.29) is 0 Å². The number of aliphatic carboxylic acids is 1. The van der Waals surface area contributed by atoms with Crippen LogP contribution < -0.4 is 10.6 Å². The largest absolute Gasteiger partial charge is 0.480 e. The van der Waals surface area contributed by atoms with Crippen LogP contribution >= 0.6 is 11.3 Å². The first-order chi connectivity index (χ1) is 8.57. The second-order valence-corrected chi connectivity index (χ2v) is 5.42. The summed E-state index contributed by atoms with van der Waals surface area (Å²) in [6, 6.07) is 1.63. The molecule has 1 aromatic heterocycles. The van der Waals surface area contributed by atoms with E-state index in [1.165, 1.54) is 5.56 Å². The summed E-state index contributed by atoms with van der Waals surface area (Å²) in [7, 11) is 0. The summed E-state index contributed by atoms with van der Waals surface area (Å²) >= 11 is 1.60. The first-order valence-corrected chi connectivity index (χ1v) is 6.80. The van der Waals surface area contributed by atoms with Crippen molar-refractivity contribution in [1.29, 1.82) is 0 Å². The molecular weight excluding hydrogens is 252 g/mol. The number of aryl methyl sites for hydroxylation is 1. The van der Waals surface area contributed by atoms with Gasteiger partial charge in [0.1, 0.15) is 5.54 Å². The van der Waals surface area contributed by atoms with Crippen LogP contribution in [0.25, 0.3) is 0 Å². The molecule has 1 aromatic rings. The zero-order valence-corrected chi connectivity index (χ0v) is 11.0. The number of carboxylic acid groups (broad SMARTS) is 1. The molecule has 2 amide bonds. The maximum absolute atomic E-state index is 11.6. The third-order valence-corrected chi connectivity index (χ3v) is 4.10. The van der Waals surface area contributed by atoms with E-state index in [0.29, 0.717) is 19.4 Å². The standard InChI is InChI=1S/C12H16N2O3S/c1-2-8-3-6-18-9(8)7-13-11(17)14-12(4-5-12)10(15)16/h3,6H,2,4-5,7H2,1H3,(H,15,16)(H2,13,14,17). The Morgan fingerprint density at radius 3 is 2.78 bits per heavy atom. The fourth-order valence-corrected chi connectivity index (χ4v) is 2.69. The van der Waals surface area contributed by atoms with Gasteiger partial charge in [0.05, 0.1) is 6.54 Å². The Labute approximate surface area is 109 Å². The van der Waals surface area contributed by atoms with Crippen LogP contribution in [0, 0.1) is 0 Å². The van der Waals surface area contributed by atoms with Gasteiger partial charge in [0.25, 0.3) is 0 Å². The highest BCUT2D eigenvalue weighted by Gasteiger charge is 2.51. The van der Waals surface area contributed by atoms with Gasteiger partial charge in [-0.3, -0.25) is 0 Å². The molecular formula is C12H16N2O3S. The average Bonchev–Trinajstić information content (AvgIpc) is 2.97.